The topological polar surface area (TPSA) is 118 Å². The number of carbonyl (C=O) groups is 2. The predicted molar refractivity (Wildman–Crippen MR) is 111 cm³/mol. The van der Waals surface area contributed by atoms with E-state index in [0.29, 0.717) is 16.7 Å². The maximum atomic E-state index is 12.5. The number of rotatable bonds is 6. The Balaban J connectivity index is 1.61. The highest BCUT2D eigenvalue weighted by Gasteiger charge is 2.25. The molecule has 0 atom stereocenters. The van der Waals surface area contributed by atoms with E-state index in [2.05, 4.69) is 4.72 Å². The number of benzene rings is 2. The summed E-state index contributed by atoms with van der Waals surface area (Å²) in [5, 5.41) is 0. The van der Waals surface area contributed by atoms with Gasteiger partial charge in [-0.05, 0) is 36.8 Å². The van der Waals surface area contributed by atoms with E-state index in [4.69, 9.17) is 0 Å². The van der Waals surface area contributed by atoms with Crippen LogP contribution in [0.1, 0.15) is 33.2 Å². The van der Waals surface area contributed by atoms with Crippen molar-refractivity contribution in [2.24, 2.45) is 0 Å². The number of ketones is 1. The van der Waals surface area contributed by atoms with Gasteiger partial charge in [-0.1, -0.05) is 24.3 Å². The first kappa shape index (κ1) is 22.1. The quantitative estimate of drug-likeness (QED) is 0.662. The van der Waals surface area contributed by atoms with Gasteiger partial charge in [0.25, 0.3) is 5.91 Å². The number of hydrogen-bond acceptors (Lipinski definition) is 6. The van der Waals surface area contributed by atoms with Crippen molar-refractivity contribution in [1.82, 2.24) is 9.62 Å². The van der Waals surface area contributed by atoms with E-state index >= 15 is 0 Å². The van der Waals surface area contributed by atoms with Crippen molar-refractivity contribution in [3.8, 4) is 0 Å². The molecule has 0 spiro atoms. The molecule has 10 heteroatoms. The van der Waals surface area contributed by atoms with Crippen LogP contribution in [0.3, 0.4) is 0 Å². The van der Waals surface area contributed by atoms with E-state index in [0.717, 1.165) is 0 Å². The number of carbonyl (C=O) groups excluding carboxylic acids is 2. The van der Waals surface area contributed by atoms with Crippen LogP contribution in [-0.4, -0.2) is 58.0 Å². The van der Waals surface area contributed by atoms with Crippen molar-refractivity contribution in [3.05, 3.63) is 65.2 Å². The summed E-state index contributed by atoms with van der Waals surface area (Å²) in [4.78, 5) is 25.4. The van der Waals surface area contributed by atoms with Gasteiger partial charge < -0.3 is 4.90 Å². The minimum atomic E-state index is -3.75. The van der Waals surface area contributed by atoms with Crippen LogP contribution in [0, 0.1) is 0 Å². The molecule has 8 nitrogen and oxygen atoms in total. The molecule has 160 valence electrons. The van der Waals surface area contributed by atoms with Crippen molar-refractivity contribution in [2.75, 3.05) is 24.6 Å². The summed E-state index contributed by atoms with van der Waals surface area (Å²) in [5.74, 6) is -0.465. The van der Waals surface area contributed by atoms with Crippen molar-refractivity contribution >= 4 is 31.6 Å². The fourth-order valence-electron chi connectivity index (χ4n) is 2.99. The van der Waals surface area contributed by atoms with Gasteiger partial charge in [0, 0.05) is 30.8 Å². The molecule has 0 radical (unpaired) electrons. The standard InChI is InChI=1S/C20H22N2O6S2/c1-15(23)17-6-8-19(9-7-17)30(27,28)21-14-16-2-4-18(5-3-16)20(24)22-10-12-29(25,26)13-11-22/h2-9,21H,10-14H2,1H3. The average Bonchev–Trinajstić information content (AvgIpc) is 2.72. The predicted octanol–water partition coefficient (Wildman–Crippen LogP) is 1.24. The largest absolute Gasteiger partial charge is 0.337 e. The summed E-state index contributed by atoms with van der Waals surface area (Å²) >= 11 is 0. The first-order chi connectivity index (χ1) is 14.1. The van der Waals surface area contributed by atoms with Gasteiger partial charge >= 0.3 is 0 Å². The monoisotopic (exact) mass is 450 g/mol. The van der Waals surface area contributed by atoms with Gasteiger partial charge in [-0.2, -0.15) is 0 Å². The molecule has 0 aliphatic carbocycles. The minimum Gasteiger partial charge on any atom is -0.337 e. The summed E-state index contributed by atoms with van der Waals surface area (Å²) in [7, 11) is -6.81. The molecule has 1 amide bonds. The Kier molecular flexibility index (Phi) is 6.39. The number of nitrogens with zero attached hydrogens (tertiary/aromatic N) is 1. The molecule has 0 bridgehead atoms. The molecule has 1 heterocycles. The zero-order valence-corrected chi connectivity index (χ0v) is 18.0. The molecule has 0 saturated carbocycles. The highest BCUT2D eigenvalue weighted by Crippen LogP contribution is 2.14. The lowest BCUT2D eigenvalue weighted by atomic mass is 10.1. The summed E-state index contributed by atoms with van der Waals surface area (Å²) in [6.07, 6.45) is 0. The Morgan fingerprint density at radius 1 is 0.933 bits per heavy atom. The van der Waals surface area contributed by atoms with E-state index in [9.17, 15) is 26.4 Å². The van der Waals surface area contributed by atoms with Crippen molar-refractivity contribution < 1.29 is 26.4 Å². The molecule has 0 aromatic heterocycles. The fourth-order valence-corrected chi connectivity index (χ4v) is 5.21. The molecule has 1 aliphatic rings. The summed E-state index contributed by atoms with van der Waals surface area (Å²) in [6.45, 7) is 1.78. The van der Waals surface area contributed by atoms with Crippen molar-refractivity contribution in [2.45, 2.75) is 18.4 Å². The van der Waals surface area contributed by atoms with E-state index in [-0.39, 0.29) is 47.7 Å². The molecule has 1 N–H and O–H groups in total. The van der Waals surface area contributed by atoms with Crippen molar-refractivity contribution in [1.29, 1.82) is 0 Å². The number of Topliss-reactive ketones (excluding diaryl/α,β-unsaturated/α-hetero) is 1. The third-order valence-corrected chi connectivity index (χ3v) is 7.90. The second kappa shape index (κ2) is 8.66. The van der Waals surface area contributed by atoms with E-state index < -0.39 is 19.9 Å². The van der Waals surface area contributed by atoms with Crippen LogP contribution >= 0.6 is 0 Å². The highest BCUT2D eigenvalue weighted by atomic mass is 32.2. The SMILES string of the molecule is CC(=O)c1ccc(S(=O)(=O)NCc2ccc(C(=O)N3CCS(=O)(=O)CC3)cc2)cc1. The van der Waals surface area contributed by atoms with Crippen LogP contribution in [0.2, 0.25) is 0 Å². The molecule has 0 unspecified atom stereocenters. The minimum absolute atomic E-state index is 0.0349. The lowest BCUT2D eigenvalue weighted by Gasteiger charge is -2.26. The number of amides is 1. The lowest BCUT2D eigenvalue weighted by Crippen LogP contribution is -2.43. The Hall–Kier alpha value is -2.56. The van der Waals surface area contributed by atoms with Gasteiger partial charge in [0.15, 0.2) is 15.6 Å². The van der Waals surface area contributed by atoms with E-state index in [1.165, 1.54) is 36.1 Å². The maximum Gasteiger partial charge on any atom is 0.253 e. The molecule has 2 aromatic rings. The average molecular weight is 451 g/mol. The molecule has 1 aliphatic heterocycles. The van der Waals surface area contributed by atoms with Crippen LogP contribution in [0.15, 0.2) is 53.4 Å². The Morgan fingerprint density at radius 3 is 2.00 bits per heavy atom. The number of sulfone groups is 1. The van der Waals surface area contributed by atoms with Crippen LogP contribution in [0.4, 0.5) is 0 Å². The van der Waals surface area contributed by atoms with Gasteiger partial charge in [0.05, 0.1) is 16.4 Å². The summed E-state index contributed by atoms with van der Waals surface area (Å²) in [5.41, 5.74) is 1.51. The van der Waals surface area contributed by atoms with E-state index in [1.807, 2.05) is 0 Å². The van der Waals surface area contributed by atoms with E-state index in [1.54, 1.807) is 24.3 Å². The van der Waals surface area contributed by atoms with Crippen molar-refractivity contribution in [3.63, 3.8) is 0 Å². The summed E-state index contributed by atoms with van der Waals surface area (Å²) in [6, 6.07) is 12.2. The molecule has 1 saturated heterocycles. The Bertz CT molecular complexity index is 1140. The Labute approximate surface area is 175 Å². The first-order valence-electron chi connectivity index (χ1n) is 9.27. The second-order valence-electron chi connectivity index (χ2n) is 7.05. The van der Waals surface area contributed by atoms with Crippen LogP contribution in [0.5, 0.6) is 0 Å². The van der Waals surface area contributed by atoms with Gasteiger partial charge in [0.2, 0.25) is 10.0 Å². The lowest BCUT2D eigenvalue weighted by molar-refractivity contribution is 0.0770. The van der Waals surface area contributed by atoms with Gasteiger partial charge in [-0.15, -0.1) is 0 Å². The molecular weight excluding hydrogens is 428 g/mol. The maximum absolute atomic E-state index is 12.5. The summed E-state index contributed by atoms with van der Waals surface area (Å²) < 4.78 is 50.3. The molecular formula is C20H22N2O6S2. The van der Waals surface area contributed by atoms with Gasteiger partial charge in [-0.3, -0.25) is 9.59 Å². The second-order valence-corrected chi connectivity index (χ2v) is 11.1. The zero-order valence-electron chi connectivity index (χ0n) is 16.4. The van der Waals surface area contributed by atoms with Gasteiger partial charge in [0.1, 0.15) is 0 Å². The smallest absolute Gasteiger partial charge is 0.253 e. The fraction of sp³-hybridized carbons (Fsp3) is 0.300. The van der Waals surface area contributed by atoms with Crippen LogP contribution in [-0.2, 0) is 26.4 Å². The number of sulfonamides is 1. The van der Waals surface area contributed by atoms with Gasteiger partial charge in [-0.25, -0.2) is 21.6 Å². The third-order valence-electron chi connectivity index (χ3n) is 4.87. The number of hydrogen-bond donors (Lipinski definition) is 1. The third kappa shape index (κ3) is 5.32. The number of nitrogens with one attached hydrogen (secondary N) is 1. The zero-order chi connectivity index (χ0) is 21.9. The molecule has 2 aromatic carbocycles. The Morgan fingerprint density at radius 2 is 1.47 bits per heavy atom. The van der Waals surface area contributed by atoms with Crippen LogP contribution < -0.4 is 4.72 Å². The first-order valence-corrected chi connectivity index (χ1v) is 12.6. The normalized spacial score (nSPS) is 16.2. The molecule has 3 rings (SSSR count). The molecule has 30 heavy (non-hydrogen) atoms. The molecule has 1 fully saturated rings. The van der Waals surface area contributed by atoms with Crippen LogP contribution in [0.25, 0.3) is 0 Å². The highest BCUT2D eigenvalue weighted by molar-refractivity contribution is 7.91.